The second-order valence-electron chi connectivity index (χ2n) is 5.14. The number of ether oxygens (including phenoxy) is 1. The number of guanidine groups is 1. The summed E-state index contributed by atoms with van der Waals surface area (Å²) in [7, 11) is -0.980. The lowest BCUT2D eigenvalue weighted by atomic mass is 10.2. The third kappa shape index (κ3) is 7.63. The fraction of sp³-hybridized carbons (Fsp3) is 0.562. The quantitative estimate of drug-likeness (QED) is 0.379. The lowest BCUT2D eigenvalue weighted by Crippen LogP contribution is -2.39. The van der Waals surface area contributed by atoms with Gasteiger partial charge in [0.1, 0.15) is 0 Å². The van der Waals surface area contributed by atoms with Gasteiger partial charge in [0.15, 0.2) is 5.96 Å². The van der Waals surface area contributed by atoms with Gasteiger partial charge in [0, 0.05) is 30.3 Å². The maximum Gasteiger partial charge on any atom is 0.191 e. The first kappa shape index (κ1) is 20.4. The van der Waals surface area contributed by atoms with Crippen molar-refractivity contribution in [3.8, 4) is 0 Å². The van der Waals surface area contributed by atoms with Gasteiger partial charge in [-0.15, -0.1) is 24.0 Å². The van der Waals surface area contributed by atoms with Gasteiger partial charge in [-0.25, -0.2) is 0 Å². The Morgan fingerprint density at radius 1 is 1.35 bits per heavy atom. The highest BCUT2D eigenvalue weighted by molar-refractivity contribution is 14.0. The average molecular weight is 451 g/mol. The number of rotatable bonds is 7. The molecule has 0 spiro atoms. The van der Waals surface area contributed by atoms with Gasteiger partial charge >= 0.3 is 0 Å². The molecule has 1 aromatic rings. The van der Waals surface area contributed by atoms with E-state index in [1.807, 2.05) is 37.3 Å². The van der Waals surface area contributed by atoms with Crippen LogP contribution in [0, 0.1) is 0 Å². The minimum atomic E-state index is -0.980. The van der Waals surface area contributed by atoms with Crippen LogP contribution in [0.5, 0.6) is 0 Å². The normalized spacial score (nSPS) is 19.0. The van der Waals surface area contributed by atoms with Crippen LogP contribution in [0.25, 0.3) is 0 Å². The lowest BCUT2D eigenvalue weighted by molar-refractivity contribution is 0.117. The molecule has 1 aliphatic heterocycles. The Kier molecular flexibility index (Phi) is 10.5. The summed E-state index contributed by atoms with van der Waals surface area (Å²) in [5, 5.41) is 6.44. The summed E-state index contributed by atoms with van der Waals surface area (Å²) in [6, 6.07) is 9.54. The van der Waals surface area contributed by atoms with Crippen molar-refractivity contribution in [3.05, 3.63) is 30.3 Å². The van der Waals surface area contributed by atoms with Crippen LogP contribution in [-0.2, 0) is 15.5 Å². The van der Waals surface area contributed by atoms with Gasteiger partial charge in [-0.1, -0.05) is 18.2 Å². The Bertz CT molecular complexity index is 493. The second-order valence-corrected chi connectivity index (χ2v) is 6.71. The first-order valence-corrected chi connectivity index (χ1v) is 9.18. The molecule has 0 bridgehead atoms. The van der Waals surface area contributed by atoms with Crippen molar-refractivity contribution in [2.24, 2.45) is 4.99 Å². The average Bonchev–Trinajstić information content (AvgIpc) is 3.06. The number of aliphatic imine (C=N–C) groups is 1. The van der Waals surface area contributed by atoms with Crippen LogP contribution >= 0.6 is 24.0 Å². The molecule has 0 amide bonds. The van der Waals surface area contributed by atoms with Crippen LogP contribution in [0.2, 0.25) is 0 Å². The molecule has 1 aliphatic rings. The van der Waals surface area contributed by atoms with Gasteiger partial charge in [0.05, 0.1) is 23.4 Å². The zero-order valence-electron chi connectivity index (χ0n) is 13.5. The molecule has 2 atom stereocenters. The van der Waals surface area contributed by atoms with Gasteiger partial charge in [-0.2, -0.15) is 0 Å². The molecule has 0 radical (unpaired) electrons. The third-order valence-corrected chi connectivity index (χ3v) is 4.78. The Hall–Kier alpha value is -0.670. The van der Waals surface area contributed by atoms with Crippen LogP contribution < -0.4 is 10.6 Å². The largest absolute Gasteiger partial charge is 0.376 e. The molecule has 130 valence electrons. The second kappa shape index (κ2) is 11.8. The fourth-order valence-electron chi connectivity index (χ4n) is 2.28. The zero-order chi connectivity index (χ0) is 15.6. The van der Waals surface area contributed by atoms with Crippen molar-refractivity contribution in [2.75, 3.05) is 32.0 Å². The number of benzene rings is 1. The van der Waals surface area contributed by atoms with E-state index in [0.29, 0.717) is 18.8 Å². The summed E-state index contributed by atoms with van der Waals surface area (Å²) in [4.78, 5) is 5.40. The van der Waals surface area contributed by atoms with E-state index in [1.54, 1.807) is 0 Å². The van der Waals surface area contributed by atoms with Crippen molar-refractivity contribution < 1.29 is 8.95 Å². The molecule has 0 aliphatic carbocycles. The maximum atomic E-state index is 12.1. The van der Waals surface area contributed by atoms with E-state index in [0.717, 1.165) is 36.8 Å². The number of nitrogens with one attached hydrogen (secondary N) is 2. The summed E-state index contributed by atoms with van der Waals surface area (Å²) in [5.41, 5.74) is 0. The van der Waals surface area contributed by atoms with Crippen LogP contribution in [0.1, 0.15) is 19.8 Å². The van der Waals surface area contributed by atoms with E-state index < -0.39 is 10.8 Å². The Balaban J connectivity index is 0.00000264. The van der Waals surface area contributed by atoms with Crippen molar-refractivity contribution in [1.29, 1.82) is 0 Å². The van der Waals surface area contributed by atoms with E-state index in [1.165, 1.54) is 0 Å². The van der Waals surface area contributed by atoms with Gasteiger partial charge in [-0.3, -0.25) is 9.20 Å². The number of hydrogen-bond acceptors (Lipinski definition) is 3. The maximum absolute atomic E-state index is 12.1. The van der Waals surface area contributed by atoms with Gasteiger partial charge in [0.2, 0.25) is 0 Å². The Morgan fingerprint density at radius 3 is 2.78 bits per heavy atom. The Morgan fingerprint density at radius 2 is 2.13 bits per heavy atom. The first-order chi connectivity index (χ1) is 10.8. The number of nitrogens with zero attached hydrogens (tertiary/aromatic N) is 1. The summed E-state index contributed by atoms with van der Waals surface area (Å²) < 4.78 is 17.7. The minimum Gasteiger partial charge on any atom is -0.376 e. The van der Waals surface area contributed by atoms with E-state index in [2.05, 4.69) is 15.6 Å². The molecule has 1 heterocycles. The molecule has 1 fully saturated rings. The fourth-order valence-corrected chi connectivity index (χ4v) is 3.26. The number of hydrogen-bond donors (Lipinski definition) is 2. The predicted molar refractivity (Wildman–Crippen MR) is 106 cm³/mol. The summed E-state index contributed by atoms with van der Waals surface area (Å²) in [6.07, 6.45) is 2.45. The third-order valence-electron chi connectivity index (χ3n) is 3.41. The molecule has 7 heteroatoms. The van der Waals surface area contributed by atoms with E-state index in [4.69, 9.17) is 4.74 Å². The molecule has 2 rings (SSSR count). The minimum absolute atomic E-state index is 0. The highest BCUT2D eigenvalue weighted by atomic mass is 127. The van der Waals surface area contributed by atoms with E-state index in [-0.39, 0.29) is 30.1 Å². The molecular weight excluding hydrogens is 425 g/mol. The SMILES string of the molecule is CCNC(=NCC1CCCO1)NCCS(=O)c1ccccc1.I. The van der Waals surface area contributed by atoms with Crippen LogP contribution in [0.3, 0.4) is 0 Å². The van der Waals surface area contributed by atoms with Crippen LogP contribution in [0.15, 0.2) is 40.2 Å². The highest BCUT2D eigenvalue weighted by Gasteiger charge is 2.14. The molecule has 0 aromatic heterocycles. The van der Waals surface area contributed by atoms with E-state index in [9.17, 15) is 4.21 Å². The zero-order valence-corrected chi connectivity index (χ0v) is 16.6. The monoisotopic (exact) mass is 451 g/mol. The summed E-state index contributed by atoms with van der Waals surface area (Å²) >= 11 is 0. The lowest BCUT2D eigenvalue weighted by Gasteiger charge is -2.12. The van der Waals surface area contributed by atoms with Crippen molar-refractivity contribution in [2.45, 2.75) is 30.8 Å². The number of halogens is 1. The van der Waals surface area contributed by atoms with Crippen molar-refractivity contribution >= 4 is 40.7 Å². The predicted octanol–water partition coefficient (Wildman–Crippen LogP) is 2.15. The summed E-state index contributed by atoms with van der Waals surface area (Å²) in [5.74, 6) is 1.33. The smallest absolute Gasteiger partial charge is 0.191 e. The molecule has 5 nitrogen and oxygen atoms in total. The Labute approximate surface area is 158 Å². The van der Waals surface area contributed by atoms with Crippen LogP contribution in [0.4, 0.5) is 0 Å². The van der Waals surface area contributed by atoms with Gasteiger partial charge in [-0.05, 0) is 31.9 Å². The molecule has 23 heavy (non-hydrogen) atoms. The molecule has 1 aromatic carbocycles. The van der Waals surface area contributed by atoms with Crippen LogP contribution in [-0.4, -0.2) is 48.3 Å². The molecule has 2 unspecified atom stereocenters. The van der Waals surface area contributed by atoms with E-state index >= 15 is 0 Å². The first-order valence-electron chi connectivity index (χ1n) is 7.87. The van der Waals surface area contributed by atoms with Crippen molar-refractivity contribution in [1.82, 2.24) is 10.6 Å². The standard InChI is InChI=1S/C16H25N3O2S.HI/c1-2-17-16(19-13-14-7-6-11-21-14)18-10-12-22(20)15-8-4-3-5-9-15;/h3-5,8-9,14H,2,6-7,10-13H2,1H3,(H2,17,18,19);1H. The topological polar surface area (TPSA) is 62.7 Å². The molecule has 1 saturated heterocycles. The molecule has 0 saturated carbocycles. The highest BCUT2D eigenvalue weighted by Crippen LogP contribution is 2.11. The van der Waals surface area contributed by atoms with Gasteiger partial charge in [0.25, 0.3) is 0 Å². The molecular formula is C16H26IN3O2S. The molecule has 2 N–H and O–H groups in total. The van der Waals surface area contributed by atoms with Gasteiger partial charge < -0.3 is 15.4 Å². The summed E-state index contributed by atoms with van der Waals surface area (Å²) in [6.45, 7) is 4.99. The van der Waals surface area contributed by atoms with Crippen molar-refractivity contribution in [3.63, 3.8) is 0 Å².